The van der Waals surface area contributed by atoms with Gasteiger partial charge in [-0.25, -0.2) is 8.42 Å². The van der Waals surface area contributed by atoms with Gasteiger partial charge in [0.1, 0.15) is 0 Å². The summed E-state index contributed by atoms with van der Waals surface area (Å²) >= 11 is 0. The van der Waals surface area contributed by atoms with E-state index in [1.54, 1.807) is 23.5 Å². The third-order valence-electron chi connectivity index (χ3n) is 5.40. The average molecular weight is 403 g/mol. The van der Waals surface area contributed by atoms with Gasteiger partial charge >= 0.3 is 0 Å². The van der Waals surface area contributed by atoms with Crippen molar-refractivity contribution in [2.24, 2.45) is 0 Å². The van der Waals surface area contributed by atoms with Gasteiger partial charge in [0.2, 0.25) is 10.0 Å². The normalized spacial score (nSPS) is 16.4. The first-order valence-corrected chi connectivity index (χ1v) is 11.2. The van der Waals surface area contributed by atoms with Gasteiger partial charge in [-0.05, 0) is 55.2 Å². The van der Waals surface area contributed by atoms with E-state index in [0.717, 1.165) is 25.2 Å². The third-order valence-corrected chi connectivity index (χ3v) is 7.31. The molecule has 0 aliphatic carbocycles. The van der Waals surface area contributed by atoms with Gasteiger partial charge < -0.3 is 4.74 Å². The SMILES string of the molecule is COCCN1CCN(S(=O)(=O)c2ccc(-c3c(C)cc(C)cc3C)cc2)CC1. The lowest BCUT2D eigenvalue weighted by Gasteiger charge is -2.33. The highest BCUT2D eigenvalue weighted by atomic mass is 32.2. The predicted molar refractivity (Wildman–Crippen MR) is 113 cm³/mol. The molecular formula is C22H30N2O3S. The van der Waals surface area contributed by atoms with E-state index >= 15 is 0 Å². The molecular weight excluding hydrogens is 372 g/mol. The van der Waals surface area contributed by atoms with E-state index in [1.165, 1.54) is 22.3 Å². The monoisotopic (exact) mass is 402 g/mol. The van der Waals surface area contributed by atoms with Crippen molar-refractivity contribution in [1.82, 2.24) is 9.21 Å². The number of aryl methyl sites for hydroxylation is 3. The van der Waals surface area contributed by atoms with E-state index < -0.39 is 10.0 Å². The molecule has 2 aromatic rings. The highest BCUT2D eigenvalue weighted by Crippen LogP contribution is 2.29. The number of hydrogen-bond donors (Lipinski definition) is 0. The van der Waals surface area contributed by atoms with Crippen molar-refractivity contribution in [2.75, 3.05) is 46.4 Å². The second-order valence-electron chi connectivity index (χ2n) is 7.54. The topological polar surface area (TPSA) is 49.9 Å². The largest absolute Gasteiger partial charge is 0.383 e. The Morgan fingerprint density at radius 3 is 2.04 bits per heavy atom. The molecule has 6 heteroatoms. The van der Waals surface area contributed by atoms with Gasteiger partial charge in [-0.3, -0.25) is 4.90 Å². The summed E-state index contributed by atoms with van der Waals surface area (Å²) in [4.78, 5) is 2.60. The van der Waals surface area contributed by atoms with Gasteiger partial charge in [-0.15, -0.1) is 0 Å². The van der Waals surface area contributed by atoms with Crippen LogP contribution < -0.4 is 0 Å². The van der Waals surface area contributed by atoms with Crippen molar-refractivity contribution in [3.8, 4) is 11.1 Å². The number of ether oxygens (including phenoxy) is 1. The standard InChI is InChI=1S/C22H30N2O3S/c1-17-15-18(2)22(19(3)16-17)20-5-7-21(8-6-20)28(25,26)24-11-9-23(10-12-24)13-14-27-4/h5-8,15-16H,9-14H2,1-4H3. The summed E-state index contributed by atoms with van der Waals surface area (Å²) in [6, 6.07) is 11.6. The fraction of sp³-hybridized carbons (Fsp3) is 0.455. The van der Waals surface area contributed by atoms with Crippen molar-refractivity contribution in [2.45, 2.75) is 25.7 Å². The lowest BCUT2D eigenvalue weighted by atomic mass is 9.94. The molecule has 5 nitrogen and oxygen atoms in total. The number of hydrogen-bond acceptors (Lipinski definition) is 4. The summed E-state index contributed by atoms with van der Waals surface area (Å²) in [6.45, 7) is 10.3. The lowest BCUT2D eigenvalue weighted by molar-refractivity contribution is 0.123. The summed E-state index contributed by atoms with van der Waals surface area (Å²) < 4.78 is 32.7. The molecule has 28 heavy (non-hydrogen) atoms. The molecule has 0 bridgehead atoms. The van der Waals surface area contributed by atoms with Crippen LogP contribution in [-0.4, -0.2) is 64.1 Å². The highest BCUT2D eigenvalue weighted by Gasteiger charge is 2.28. The molecule has 0 aromatic heterocycles. The van der Waals surface area contributed by atoms with E-state index in [1.807, 2.05) is 12.1 Å². The molecule has 0 radical (unpaired) electrons. The Hall–Kier alpha value is -1.73. The number of methoxy groups -OCH3 is 1. The van der Waals surface area contributed by atoms with Crippen LogP contribution in [0.3, 0.4) is 0 Å². The van der Waals surface area contributed by atoms with Gasteiger partial charge in [0.05, 0.1) is 11.5 Å². The van der Waals surface area contributed by atoms with Gasteiger partial charge in [-0.1, -0.05) is 29.8 Å². The molecule has 0 N–H and O–H groups in total. The quantitative estimate of drug-likeness (QED) is 0.744. The molecule has 0 atom stereocenters. The fourth-order valence-corrected chi connectivity index (χ4v) is 5.41. The van der Waals surface area contributed by atoms with Crippen LogP contribution in [0.5, 0.6) is 0 Å². The van der Waals surface area contributed by atoms with Crippen molar-refractivity contribution >= 4 is 10.0 Å². The molecule has 3 rings (SSSR count). The highest BCUT2D eigenvalue weighted by molar-refractivity contribution is 7.89. The van der Waals surface area contributed by atoms with E-state index in [9.17, 15) is 8.42 Å². The molecule has 1 aliphatic rings. The lowest BCUT2D eigenvalue weighted by Crippen LogP contribution is -2.49. The number of benzene rings is 2. The smallest absolute Gasteiger partial charge is 0.243 e. The molecule has 1 aliphatic heterocycles. The zero-order valence-electron chi connectivity index (χ0n) is 17.2. The van der Waals surface area contributed by atoms with Crippen LogP contribution >= 0.6 is 0 Å². The number of nitrogens with zero attached hydrogens (tertiary/aromatic N) is 2. The van der Waals surface area contributed by atoms with Crippen LogP contribution in [-0.2, 0) is 14.8 Å². The van der Waals surface area contributed by atoms with Crippen LogP contribution in [0.15, 0.2) is 41.3 Å². The molecule has 0 saturated carbocycles. The van der Waals surface area contributed by atoms with E-state index in [-0.39, 0.29) is 0 Å². The van der Waals surface area contributed by atoms with Gasteiger partial charge in [0, 0.05) is 39.8 Å². The van der Waals surface area contributed by atoms with Crippen molar-refractivity contribution < 1.29 is 13.2 Å². The van der Waals surface area contributed by atoms with E-state index in [4.69, 9.17) is 4.74 Å². The second kappa shape index (κ2) is 8.74. The Labute approximate surface area is 169 Å². The van der Waals surface area contributed by atoms with E-state index in [0.29, 0.717) is 24.6 Å². The Kier molecular flexibility index (Phi) is 6.55. The molecule has 0 unspecified atom stereocenters. The number of rotatable bonds is 6. The molecule has 0 amide bonds. The fourth-order valence-electron chi connectivity index (χ4n) is 3.99. The number of sulfonamides is 1. The Morgan fingerprint density at radius 2 is 1.50 bits per heavy atom. The van der Waals surface area contributed by atoms with Gasteiger partial charge in [-0.2, -0.15) is 4.31 Å². The first-order valence-electron chi connectivity index (χ1n) is 9.72. The first-order chi connectivity index (χ1) is 13.3. The van der Waals surface area contributed by atoms with Crippen LogP contribution in [0.4, 0.5) is 0 Å². The zero-order valence-corrected chi connectivity index (χ0v) is 18.1. The van der Waals surface area contributed by atoms with Gasteiger partial charge in [0.25, 0.3) is 0 Å². The summed E-state index contributed by atoms with van der Waals surface area (Å²) in [7, 11) is -1.77. The Balaban J connectivity index is 1.76. The van der Waals surface area contributed by atoms with Crippen LogP contribution in [0, 0.1) is 20.8 Å². The molecule has 0 spiro atoms. The van der Waals surface area contributed by atoms with Crippen molar-refractivity contribution in [1.29, 1.82) is 0 Å². The molecule has 1 heterocycles. The van der Waals surface area contributed by atoms with Crippen LogP contribution in [0.1, 0.15) is 16.7 Å². The summed E-state index contributed by atoms with van der Waals surface area (Å²) in [5.41, 5.74) is 5.89. The minimum atomic E-state index is -3.46. The predicted octanol–water partition coefficient (Wildman–Crippen LogP) is 3.23. The first kappa shape index (κ1) is 21.0. The molecule has 1 fully saturated rings. The summed E-state index contributed by atoms with van der Waals surface area (Å²) in [6.07, 6.45) is 0. The Bertz CT molecular complexity index is 892. The van der Waals surface area contributed by atoms with Crippen molar-refractivity contribution in [3.63, 3.8) is 0 Å². The van der Waals surface area contributed by atoms with E-state index in [2.05, 4.69) is 37.8 Å². The minimum Gasteiger partial charge on any atom is -0.383 e. The molecule has 152 valence electrons. The third kappa shape index (κ3) is 4.46. The molecule has 1 saturated heterocycles. The van der Waals surface area contributed by atoms with Crippen LogP contribution in [0.2, 0.25) is 0 Å². The average Bonchev–Trinajstić information content (AvgIpc) is 2.66. The zero-order chi connectivity index (χ0) is 20.3. The van der Waals surface area contributed by atoms with Gasteiger partial charge in [0.15, 0.2) is 0 Å². The van der Waals surface area contributed by atoms with Crippen molar-refractivity contribution in [3.05, 3.63) is 53.1 Å². The Morgan fingerprint density at radius 1 is 0.929 bits per heavy atom. The maximum absolute atomic E-state index is 13.0. The maximum atomic E-state index is 13.0. The van der Waals surface area contributed by atoms with Crippen LogP contribution in [0.25, 0.3) is 11.1 Å². The maximum Gasteiger partial charge on any atom is 0.243 e. The molecule has 2 aromatic carbocycles. The summed E-state index contributed by atoms with van der Waals surface area (Å²) in [5.74, 6) is 0. The summed E-state index contributed by atoms with van der Waals surface area (Å²) in [5, 5.41) is 0. The number of piperazine rings is 1. The minimum absolute atomic E-state index is 0.365. The second-order valence-corrected chi connectivity index (χ2v) is 9.47.